The van der Waals surface area contributed by atoms with Gasteiger partial charge in [0.1, 0.15) is 0 Å². The molecule has 92 valence electrons. The number of hydrogen-bond acceptors (Lipinski definition) is 2. The van der Waals surface area contributed by atoms with E-state index in [9.17, 15) is 8.78 Å². The van der Waals surface area contributed by atoms with Crippen LogP contribution in [0.3, 0.4) is 0 Å². The molecule has 1 aliphatic heterocycles. The molecule has 0 radical (unpaired) electrons. The first-order valence-electron chi connectivity index (χ1n) is 6.05. The van der Waals surface area contributed by atoms with E-state index in [4.69, 9.17) is 5.73 Å². The van der Waals surface area contributed by atoms with Crippen molar-refractivity contribution in [1.29, 1.82) is 0 Å². The molecule has 2 fully saturated rings. The lowest BCUT2D eigenvalue weighted by Crippen LogP contribution is -2.29. The minimum Gasteiger partial charge on any atom is -0.397 e. The first kappa shape index (κ1) is 10.8. The SMILES string of the molecule is Nc1ccccc1N1C[C@@H]2CCC(F)(F)[C@H]2C1. The molecule has 2 nitrogen and oxygen atoms in total. The zero-order chi connectivity index (χ0) is 12.0. The van der Waals surface area contributed by atoms with Crippen LogP contribution in [-0.2, 0) is 0 Å². The van der Waals surface area contributed by atoms with Crippen LogP contribution in [0.1, 0.15) is 12.8 Å². The summed E-state index contributed by atoms with van der Waals surface area (Å²) in [6.45, 7) is 1.15. The maximum absolute atomic E-state index is 13.6. The van der Waals surface area contributed by atoms with Crippen LogP contribution in [0.5, 0.6) is 0 Å². The Bertz CT molecular complexity index is 433. The van der Waals surface area contributed by atoms with Crippen molar-refractivity contribution in [2.75, 3.05) is 23.7 Å². The Labute approximate surface area is 99.4 Å². The molecule has 0 bridgehead atoms. The molecule has 1 saturated heterocycles. The Kier molecular flexibility index (Phi) is 2.28. The summed E-state index contributed by atoms with van der Waals surface area (Å²) in [5, 5.41) is 0. The molecule has 2 aliphatic rings. The average Bonchev–Trinajstić information content (AvgIpc) is 2.81. The second kappa shape index (κ2) is 3.59. The third-order valence-corrected chi connectivity index (χ3v) is 4.11. The molecule has 0 aromatic heterocycles. The van der Waals surface area contributed by atoms with Gasteiger partial charge in [0.05, 0.1) is 11.4 Å². The smallest absolute Gasteiger partial charge is 0.252 e. The minimum atomic E-state index is -2.48. The molecule has 1 aromatic carbocycles. The number of rotatable bonds is 1. The summed E-state index contributed by atoms with van der Waals surface area (Å²) in [7, 11) is 0. The van der Waals surface area contributed by atoms with E-state index in [0.29, 0.717) is 25.2 Å². The van der Waals surface area contributed by atoms with Crippen LogP contribution >= 0.6 is 0 Å². The average molecular weight is 238 g/mol. The van der Waals surface area contributed by atoms with Crippen molar-refractivity contribution in [3.63, 3.8) is 0 Å². The van der Waals surface area contributed by atoms with Crippen LogP contribution < -0.4 is 10.6 Å². The lowest BCUT2D eigenvalue weighted by molar-refractivity contribution is -0.0351. The van der Waals surface area contributed by atoms with Crippen molar-refractivity contribution >= 4 is 11.4 Å². The van der Waals surface area contributed by atoms with Crippen molar-refractivity contribution in [2.45, 2.75) is 18.8 Å². The highest BCUT2D eigenvalue weighted by molar-refractivity contribution is 5.67. The fourth-order valence-electron chi connectivity index (χ4n) is 3.18. The van der Waals surface area contributed by atoms with E-state index in [2.05, 4.69) is 0 Å². The number of nitrogens with two attached hydrogens (primary N) is 1. The number of para-hydroxylation sites is 2. The predicted octanol–water partition coefficient (Wildman–Crippen LogP) is 2.75. The zero-order valence-corrected chi connectivity index (χ0v) is 9.57. The van der Waals surface area contributed by atoms with Gasteiger partial charge in [-0.25, -0.2) is 8.78 Å². The summed E-state index contributed by atoms with van der Waals surface area (Å²) in [5.74, 6) is -2.84. The Morgan fingerprint density at radius 1 is 1.24 bits per heavy atom. The monoisotopic (exact) mass is 238 g/mol. The van der Waals surface area contributed by atoms with Gasteiger partial charge in [0.15, 0.2) is 0 Å². The van der Waals surface area contributed by atoms with Gasteiger partial charge in [-0.1, -0.05) is 12.1 Å². The molecule has 4 heteroatoms. The van der Waals surface area contributed by atoms with E-state index < -0.39 is 11.8 Å². The van der Waals surface area contributed by atoms with Gasteiger partial charge in [-0.15, -0.1) is 0 Å². The number of alkyl halides is 2. The molecule has 1 heterocycles. The van der Waals surface area contributed by atoms with E-state index in [1.54, 1.807) is 0 Å². The number of nitrogen functional groups attached to an aromatic ring is 1. The number of hydrogen-bond donors (Lipinski definition) is 1. The third kappa shape index (κ3) is 1.66. The van der Waals surface area contributed by atoms with Gasteiger partial charge in [-0.05, 0) is 24.5 Å². The minimum absolute atomic E-state index is 0.0560. The molecule has 2 N–H and O–H groups in total. The second-order valence-corrected chi connectivity index (χ2v) is 5.13. The van der Waals surface area contributed by atoms with Gasteiger partial charge in [0, 0.05) is 25.4 Å². The normalized spacial score (nSPS) is 30.6. The Morgan fingerprint density at radius 2 is 2.00 bits per heavy atom. The van der Waals surface area contributed by atoms with Crippen LogP contribution in [0.25, 0.3) is 0 Å². The molecule has 17 heavy (non-hydrogen) atoms. The van der Waals surface area contributed by atoms with E-state index in [1.165, 1.54) is 0 Å². The maximum Gasteiger partial charge on any atom is 0.252 e. The van der Waals surface area contributed by atoms with Gasteiger partial charge in [0.25, 0.3) is 5.92 Å². The quantitative estimate of drug-likeness (QED) is 0.762. The van der Waals surface area contributed by atoms with Gasteiger partial charge in [0.2, 0.25) is 0 Å². The number of anilines is 2. The maximum atomic E-state index is 13.6. The highest BCUT2D eigenvalue weighted by Gasteiger charge is 2.53. The van der Waals surface area contributed by atoms with E-state index >= 15 is 0 Å². The fourth-order valence-corrected chi connectivity index (χ4v) is 3.18. The fraction of sp³-hybridized carbons (Fsp3) is 0.538. The van der Waals surface area contributed by atoms with Crippen molar-refractivity contribution in [1.82, 2.24) is 0 Å². The molecule has 1 saturated carbocycles. The Balaban J connectivity index is 1.84. The summed E-state index contributed by atoms with van der Waals surface area (Å²) in [5.41, 5.74) is 7.47. The molecule has 3 rings (SSSR count). The Hall–Kier alpha value is -1.32. The highest BCUT2D eigenvalue weighted by atomic mass is 19.3. The third-order valence-electron chi connectivity index (χ3n) is 4.11. The van der Waals surface area contributed by atoms with Crippen LogP contribution in [0.2, 0.25) is 0 Å². The molecule has 1 aliphatic carbocycles. The number of halogens is 2. The standard InChI is InChI=1S/C13H16F2N2/c14-13(15)6-5-9-7-17(8-10(9)13)12-4-2-1-3-11(12)16/h1-4,9-10H,5-8,16H2/t9-,10-/m0/s1. The van der Waals surface area contributed by atoms with Crippen molar-refractivity contribution in [3.8, 4) is 0 Å². The molecular formula is C13H16F2N2. The number of nitrogens with zero attached hydrogens (tertiary/aromatic N) is 1. The molecule has 0 spiro atoms. The highest BCUT2D eigenvalue weighted by Crippen LogP contribution is 2.49. The number of fused-ring (bicyclic) bond motifs is 1. The lowest BCUT2D eigenvalue weighted by Gasteiger charge is -2.23. The van der Waals surface area contributed by atoms with Crippen LogP contribution in [-0.4, -0.2) is 19.0 Å². The molecule has 2 atom stereocenters. The molecular weight excluding hydrogens is 222 g/mol. The van der Waals surface area contributed by atoms with Crippen molar-refractivity contribution in [3.05, 3.63) is 24.3 Å². The van der Waals surface area contributed by atoms with E-state index in [1.807, 2.05) is 29.2 Å². The first-order chi connectivity index (χ1) is 8.08. The summed E-state index contributed by atoms with van der Waals surface area (Å²) >= 11 is 0. The van der Waals surface area contributed by atoms with E-state index in [0.717, 1.165) is 5.69 Å². The van der Waals surface area contributed by atoms with Crippen molar-refractivity contribution in [2.24, 2.45) is 11.8 Å². The summed E-state index contributed by atoms with van der Waals surface area (Å²) in [6, 6.07) is 7.50. The van der Waals surface area contributed by atoms with Crippen LogP contribution in [0.4, 0.5) is 20.2 Å². The van der Waals surface area contributed by atoms with Crippen LogP contribution in [0.15, 0.2) is 24.3 Å². The van der Waals surface area contributed by atoms with Crippen LogP contribution in [0, 0.1) is 11.8 Å². The van der Waals surface area contributed by atoms with E-state index in [-0.39, 0.29) is 12.3 Å². The van der Waals surface area contributed by atoms with Crippen molar-refractivity contribution < 1.29 is 8.78 Å². The lowest BCUT2D eigenvalue weighted by atomic mass is 9.99. The molecule has 0 amide bonds. The Morgan fingerprint density at radius 3 is 2.71 bits per heavy atom. The van der Waals surface area contributed by atoms with Gasteiger partial charge < -0.3 is 10.6 Å². The number of benzene rings is 1. The van der Waals surface area contributed by atoms with Gasteiger partial charge >= 0.3 is 0 Å². The first-order valence-corrected chi connectivity index (χ1v) is 6.05. The molecule has 0 unspecified atom stereocenters. The zero-order valence-electron chi connectivity index (χ0n) is 9.57. The largest absolute Gasteiger partial charge is 0.397 e. The predicted molar refractivity (Wildman–Crippen MR) is 64.2 cm³/mol. The summed E-state index contributed by atoms with van der Waals surface area (Å²) in [4.78, 5) is 2.01. The van der Waals surface area contributed by atoms with Gasteiger partial charge in [-0.2, -0.15) is 0 Å². The summed E-state index contributed by atoms with van der Waals surface area (Å²) < 4.78 is 27.3. The second-order valence-electron chi connectivity index (χ2n) is 5.13. The summed E-state index contributed by atoms with van der Waals surface area (Å²) in [6.07, 6.45) is 0.696. The molecule has 1 aromatic rings. The topological polar surface area (TPSA) is 29.3 Å². The van der Waals surface area contributed by atoms with Gasteiger partial charge in [-0.3, -0.25) is 0 Å².